The normalized spacial score (nSPS) is 16.2. The molecule has 1 fully saturated rings. The molecule has 1 saturated heterocycles. The van der Waals surface area contributed by atoms with Gasteiger partial charge >= 0.3 is 0 Å². The largest absolute Gasteiger partial charge is 0.383 e. The summed E-state index contributed by atoms with van der Waals surface area (Å²) in [5.41, 5.74) is 4.03. The van der Waals surface area contributed by atoms with E-state index in [0.29, 0.717) is 11.5 Å². The molecule has 3 rings (SSSR count). The van der Waals surface area contributed by atoms with Gasteiger partial charge in [0.25, 0.3) is 11.1 Å². The minimum absolute atomic E-state index is 0.257. The molecular formula is C19H21N3O3S. The third-order valence-electron chi connectivity index (χ3n) is 4.28. The van der Waals surface area contributed by atoms with Gasteiger partial charge in [0.1, 0.15) is 5.82 Å². The van der Waals surface area contributed by atoms with E-state index in [1.54, 1.807) is 19.4 Å². The van der Waals surface area contributed by atoms with Gasteiger partial charge in [0.2, 0.25) is 0 Å². The van der Waals surface area contributed by atoms with E-state index in [-0.39, 0.29) is 17.7 Å². The van der Waals surface area contributed by atoms with Gasteiger partial charge in [0.05, 0.1) is 18.1 Å². The molecule has 0 radical (unpaired) electrons. The second-order valence-corrected chi connectivity index (χ2v) is 7.17. The number of imide groups is 1. The van der Waals surface area contributed by atoms with Crippen molar-refractivity contribution in [3.8, 4) is 5.82 Å². The summed E-state index contributed by atoms with van der Waals surface area (Å²) in [4.78, 5) is 30.6. The fourth-order valence-electron chi connectivity index (χ4n) is 2.95. The Morgan fingerprint density at radius 2 is 2.00 bits per heavy atom. The highest BCUT2D eigenvalue weighted by molar-refractivity contribution is 8.18. The third-order valence-corrected chi connectivity index (χ3v) is 5.19. The van der Waals surface area contributed by atoms with Gasteiger partial charge in [-0.05, 0) is 67.9 Å². The van der Waals surface area contributed by atoms with Gasteiger partial charge in [-0.3, -0.25) is 14.5 Å². The molecule has 3 heterocycles. The van der Waals surface area contributed by atoms with Crippen LogP contribution >= 0.6 is 11.8 Å². The predicted octanol–water partition coefficient (Wildman–Crippen LogP) is 3.48. The topological polar surface area (TPSA) is 64.4 Å². The average Bonchev–Trinajstić information content (AvgIpc) is 3.02. The molecule has 1 aliphatic rings. The van der Waals surface area contributed by atoms with Crippen molar-refractivity contribution >= 4 is 29.0 Å². The highest BCUT2D eigenvalue weighted by Gasteiger charge is 2.34. The lowest BCUT2D eigenvalue weighted by Gasteiger charge is -2.10. The summed E-state index contributed by atoms with van der Waals surface area (Å²) in [7, 11) is 1.54. The Labute approximate surface area is 156 Å². The van der Waals surface area contributed by atoms with Crippen molar-refractivity contribution in [3.05, 3.63) is 51.8 Å². The van der Waals surface area contributed by atoms with E-state index in [2.05, 4.69) is 4.98 Å². The maximum atomic E-state index is 12.5. The number of nitrogens with zero attached hydrogens (tertiary/aromatic N) is 3. The number of carbonyl (C=O) groups excluding carboxylic acids is 2. The van der Waals surface area contributed by atoms with E-state index < -0.39 is 0 Å². The number of hydrogen-bond donors (Lipinski definition) is 0. The zero-order chi connectivity index (χ0) is 18.8. The molecule has 6 nitrogen and oxygen atoms in total. The first kappa shape index (κ1) is 18.4. The number of pyridine rings is 1. The quantitative estimate of drug-likeness (QED) is 0.753. The molecule has 0 spiro atoms. The van der Waals surface area contributed by atoms with Crippen LogP contribution in [-0.2, 0) is 9.53 Å². The molecule has 136 valence electrons. The summed E-state index contributed by atoms with van der Waals surface area (Å²) in [5.74, 6) is 0.573. The van der Waals surface area contributed by atoms with Crippen LogP contribution in [-0.4, -0.2) is 45.9 Å². The van der Waals surface area contributed by atoms with Crippen LogP contribution < -0.4 is 0 Å². The lowest BCUT2D eigenvalue weighted by molar-refractivity contribution is -0.123. The van der Waals surface area contributed by atoms with E-state index in [0.717, 1.165) is 40.1 Å². The number of thioether (sulfide) groups is 1. The first-order chi connectivity index (χ1) is 12.4. The summed E-state index contributed by atoms with van der Waals surface area (Å²) in [6.07, 6.45) is 3.57. The van der Waals surface area contributed by atoms with Crippen LogP contribution in [0.15, 0.2) is 29.3 Å². The second-order valence-electron chi connectivity index (χ2n) is 6.18. The lowest BCUT2D eigenvalue weighted by Crippen LogP contribution is -2.31. The van der Waals surface area contributed by atoms with E-state index in [4.69, 9.17) is 4.74 Å². The van der Waals surface area contributed by atoms with Gasteiger partial charge in [0, 0.05) is 24.7 Å². The van der Waals surface area contributed by atoms with Crippen LogP contribution in [0.5, 0.6) is 0 Å². The van der Waals surface area contributed by atoms with Crippen molar-refractivity contribution in [3.63, 3.8) is 0 Å². The van der Waals surface area contributed by atoms with Crippen molar-refractivity contribution in [1.82, 2.24) is 14.5 Å². The predicted molar refractivity (Wildman–Crippen MR) is 102 cm³/mol. The highest BCUT2D eigenvalue weighted by Crippen LogP contribution is 2.33. The molecule has 1 aliphatic heterocycles. The maximum Gasteiger partial charge on any atom is 0.293 e. The van der Waals surface area contributed by atoms with Gasteiger partial charge in [-0.1, -0.05) is 0 Å². The van der Waals surface area contributed by atoms with Crippen molar-refractivity contribution in [1.29, 1.82) is 0 Å². The molecule has 2 aromatic rings. The molecule has 0 aromatic carbocycles. The molecule has 0 bridgehead atoms. The van der Waals surface area contributed by atoms with Gasteiger partial charge in [-0.25, -0.2) is 4.98 Å². The average molecular weight is 371 g/mol. The Kier molecular flexibility index (Phi) is 5.29. The Hall–Kier alpha value is -2.38. The number of hydrogen-bond acceptors (Lipinski definition) is 5. The number of amides is 2. The minimum Gasteiger partial charge on any atom is -0.383 e. The van der Waals surface area contributed by atoms with E-state index in [1.165, 1.54) is 4.90 Å². The molecule has 26 heavy (non-hydrogen) atoms. The van der Waals surface area contributed by atoms with Crippen LogP contribution in [0.3, 0.4) is 0 Å². The minimum atomic E-state index is -0.268. The Bertz CT molecular complexity index is 901. The molecule has 2 amide bonds. The first-order valence-electron chi connectivity index (χ1n) is 8.28. The number of methoxy groups -OCH3 is 1. The zero-order valence-electron chi connectivity index (χ0n) is 15.3. The van der Waals surface area contributed by atoms with Crippen LogP contribution in [0.4, 0.5) is 4.79 Å². The zero-order valence-corrected chi connectivity index (χ0v) is 16.1. The van der Waals surface area contributed by atoms with Crippen molar-refractivity contribution in [2.45, 2.75) is 20.8 Å². The molecular weight excluding hydrogens is 350 g/mol. The number of ether oxygens (including phenoxy) is 1. The number of carbonyl (C=O) groups is 2. The number of rotatable bonds is 5. The molecule has 2 aromatic heterocycles. The maximum absolute atomic E-state index is 12.5. The van der Waals surface area contributed by atoms with E-state index >= 15 is 0 Å². The fourth-order valence-corrected chi connectivity index (χ4v) is 3.80. The molecule has 0 saturated carbocycles. The first-order valence-corrected chi connectivity index (χ1v) is 9.10. The molecule has 0 N–H and O–H groups in total. The number of aryl methyl sites for hydroxylation is 2. The van der Waals surface area contributed by atoms with Gasteiger partial charge in [0.15, 0.2) is 0 Å². The SMILES string of the molecule is COCCN1C(=O)S/C(=C/c2cc(C)n(-c3cc(C)ccn3)c2C)C1=O. The molecule has 0 unspecified atom stereocenters. The smallest absolute Gasteiger partial charge is 0.293 e. The standard InChI is InChI=1S/C19H21N3O3S/c1-12-5-6-20-17(9-12)22-13(2)10-15(14(22)3)11-16-18(23)21(7-8-25-4)19(24)26-16/h5-6,9-11H,7-8H2,1-4H3/b16-11+. The molecule has 7 heteroatoms. The third kappa shape index (κ3) is 3.45. The molecule has 0 atom stereocenters. The van der Waals surface area contributed by atoms with Crippen LogP contribution in [0.1, 0.15) is 22.5 Å². The van der Waals surface area contributed by atoms with Crippen LogP contribution in [0.25, 0.3) is 11.9 Å². The Balaban J connectivity index is 1.94. The van der Waals surface area contributed by atoms with Crippen molar-refractivity contribution < 1.29 is 14.3 Å². The summed E-state index contributed by atoms with van der Waals surface area (Å²) >= 11 is 0.967. The highest BCUT2D eigenvalue weighted by atomic mass is 32.2. The fraction of sp³-hybridized carbons (Fsp3) is 0.316. The number of aromatic nitrogens is 2. The van der Waals surface area contributed by atoms with E-state index in [1.807, 2.05) is 43.5 Å². The summed E-state index contributed by atoms with van der Waals surface area (Å²) in [5, 5.41) is -0.257. The van der Waals surface area contributed by atoms with Crippen LogP contribution in [0, 0.1) is 20.8 Å². The summed E-state index contributed by atoms with van der Waals surface area (Å²) in [6, 6.07) is 5.97. The van der Waals surface area contributed by atoms with Crippen molar-refractivity contribution in [2.75, 3.05) is 20.3 Å². The molecule has 0 aliphatic carbocycles. The Morgan fingerprint density at radius 3 is 2.69 bits per heavy atom. The monoisotopic (exact) mass is 371 g/mol. The lowest BCUT2D eigenvalue weighted by atomic mass is 10.2. The van der Waals surface area contributed by atoms with Gasteiger partial charge in [-0.2, -0.15) is 0 Å². The van der Waals surface area contributed by atoms with E-state index in [9.17, 15) is 9.59 Å². The van der Waals surface area contributed by atoms with Gasteiger partial charge < -0.3 is 9.30 Å². The van der Waals surface area contributed by atoms with Crippen molar-refractivity contribution in [2.24, 2.45) is 0 Å². The second kappa shape index (κ2) is 7.47. The van der Waals surface area contributed by atoms with Gasteiger partial charge in [-0.15, -0.1) is 0 Å². The Morgan fingerprint density at radius 1 is 1.23 bits per heavy atom. The van der Waals surface area contributed by atoms with Crippen LogP contribution in [0.2, 0.25) is 0 Å². The summed E-state index contributed by atoms with van der Waals surface area (Å²) < 4.78 is 7.02. The summed E-state index contributed by atoms with van der Waals surface area (Å²) in [6.45, 7) is 6.61.